The van der Waals surface area contributed by atoms with E-state index >= 15 is 0 Å². The maximum atomic E-state index is 13.4. The summed E-state index contributed by atoms with van der Waals surface area (Å²) in [6.45, 7) is 4.52. The predicted molar refractivity (Wildman–Crippen MR) is 99.4 cm³/mol. The molecule has 2 aliphatic rings. The molecule has 26 heavy (non-hydrogen) atoms. The van der Waals surface area contributed by atoms with Gasteiger partial charge in [0.1, 0.15) is 10.3 Å². The minimum absolute atomic E-state index is 0.0200. The van der Waals surface area contributed by atoms with Gasteiger partial charge in [-0.15, -0.1) is 11.3 Å². The number of fused-ring (bicyclic) bond motifs is 2. The Balaban J connectivity index is 1.79. The van der Waals surface area contributed by atoms with Crippen LogP contribution in [-0.2, 0) is 14.8 Å². The summed E-state index contributed by atoms with van der Waals surface area (Å²) in [5.41, 5.74) is 1.15. The van der Waals surface area contributed by atoms with Gasteiger partial charge < -0.3 is 4.90 Å². The molecule has 8 heteroatoms. The zero-order valence-corrected chi connectivity index (χ0v) is 16.2. The van der Waals surface area contributed by atoms with E-state index in [2.05, 4.69) is 6.07 Å². The Morgan fingerprint density at radius 3 is 2.85 bits per heavy atom. The van der Waals surface area contributed by atoms with E-state index in [1.54, 1.807) is 32.0 Å². The van der Waals surface area contributed by atoms with Crippen molar-refractivity contribution in [1.29, 1.82) is 5.26 Å². The van der Waals surface area contributed by atoms with Crippen molar-refractivity contribution in [2.24, 2.45) is 0 Å². The monoisotopic (exact) mass is 389 g/mol. The van der Waals surface area contributed by atoms with Crippen LogP contribution in [-0.4, -0.2) is 48.7 Å². The number of piperazine rings is 1. The molecule has 2 aliphatic heterocycles. The van der Waals surface area contributed by atoms with Gasteiger partial charge in [0.2, 0.25) is 5.91 Å². The van der Waals surface area contributed by atoms with Gasteiger partial charge in [0.25, 0.3) is 10.0 Å². The molecule has 0 N–H and O–H groups in total. The number of aryl methyl sites for hydroxylation is 1. The van der Waals surface area contributed by atoms with Crippen LogP contribution in [0.2, 0.25) is 0 Å². The number of nitriles is 1. The highest BCUT2D eigenvalue weighted by Gasteiger charge is 2.46. The Bertz CT molecular complexity index is 1050. The van der Waals surface area contributed by atoms with Crippen LogP contribution in [0.1, 0.15) is 30.9 Å². The summed E-state index contributed by atoms with van der Waals surface area (Å²) < 4.78 is 29.2. The van der Waals surface area contributed by atoms with Crippen molar-refractivity contribution in [2.45, 2.75) is 43.0 Å². The first-order chi connectivity index (χ1) is 12.3. The first kappa shape index (κ1) is 17.5. The van der Waals surface area contributed by atoms with E-state index in [4.69, 9.17) is 5.26 Å². The highest BCUT2D eigenvalue weighted by molar-refractivity contribution is 7.91. The van der Waals surface area contributed by atoms with Crippen LogP contribution in [0.5, 0.6) is 0 Å². The van der Waals surface area contributed by atoms with Crippen LogP contribution < -0.4 is 0 Å². The first-order valence-corrected chi connectivity index (χ1v) is 10.9. The molecule has 3 heterocycles. The van der Waals surface area contributed by atoms with Crippen LogP contribution in [0.15, 0.2) is 22.4 Å². The standard InChI is InChI=1S/C18H19N3O3S2/c1-11-15-8-13(9-19)5-6-16(15)25-18(11)26(23,24)21-10-14-4-3-7-20(14)17(22)12(21)2/h5-6,8,12,14H,3-4,7,10H2,1-2H3/t12-,14-/m1/s1. The fraction of sp³-hybridized carbons (Fsp3) is 0.444. The molecular formula is C18H19N3O3S2. The van der Waals surface area contributed by atoms with E-state index in [-0.39, 0.29) is 16.2 Å². The topological polar surface area (TPSA) is 81.5 Å². The summed E-state index contributed by atoms with van der Waals surface area (Å²) >= 11 is 1.21. The van der Waals surface area contributed by atoms with E-state index in [1.807, 2.05) is 4.90 Å². The van der Waals surface area contributed by atoms with E-state index in [9.17, 15) is 13.2 Å². The van der Waals surface area contributed by atoms with Gasteiger partial charge in [0.15, 0.2) is 0 Å². The molecule has 4 rings (SSSR count). The Morgan fingerprint density at radius 2 is 2.12 bits per heavy atom. The van der Waals surface area contributed by atoms with E-state index in [1.165, 1.54) is 15.6 Å². The fourth-order valence-corrected chi connectivity index (χ4v) is 7.45. The molecular weight excluding hydrogens is 370 g/mol. The molecule has 0 spiro atoms. The lowest BCUT2D eigenvalue weighted by Crippen LogP contribution is -2.59. The van der Waals surface area contributed by atoms with E-state index in [0.29, 0.717) is 17.7 Å². The van der Waals surface area contributed by atoms with Gasteiger partial charge >= 0.3 is 0 Å². The maximum absolute atomic E-state index is 13.4. The number of benzene rings is 1. The van der Waals surface area contributed by atoms with Gasteiger partial charge in [-0.25, -0.2) is 8.42 Å². The number of nitrogens with zero attached hydrogens (tertiary/aromatic N) is 3. The molecule has 1 amide bonds. The molecule has 2 aromatic rings. The van der Waals surface area contributed by atoms with Crippen molar-refractivity contribution < 1.29 is 13.2 Å². The highest BCUT2D eigenvalue weighted by Crippen LogP contribution is 2.38. The lowest BCUT2D eigenvalue weighted by Gasteiger charge is -2.40. The predicted octanol–water partition coefficient (Wildman–Crippen LogP) is 2.47. The average Bonchev–Trinajstić information content (AvgIpc) is 3.22. The summed E-state index contributed by atoms with van der Waals surface area (Å²) in [6, 6.07) is 6.59. The lowest BCUT2D eigenvalue weighted by atomic mass is 10.1. The third-order valence-electron chi connectivity index (χ3n) is 5.40. The third-order valence-corrected chi connectivity index (χ3v) is 9.21. The van der Waals surface area contributed by atoms with Crippen LogP contribution >= 0.6 is 11.3 Å². The Labute approximate surface area is 156 Å². The zero-order chi connectivity index (χ0) is 18.6. The van der Waals surface area contributed by atoms with Crippen LogP contribution in [0.4, 0.5) is 0 Å². The van der Waals surface area contributed by atoms with Gasteiger partial charge in [-0.05, 0) is 55.8 Å². The molecule has 0 aliphatic carbocycles. The van der Waals surface area contributed by atoms with Gasteiger partial charge in [0.05, 0.1) is 11.6 Å². The van der Waals surface area contributed by atoms with Crippen molar-refractivity contribution >= 4 is 37.4 Å². The highest BCUT2D eigenvalue weighted by atomic mass is 32.2. The molecule has 136 valence electrons. The molecule has 1 aromatic heterocycles. The molecule has 2 saturated heterocycles. The van der Waals surface area contributed by atoms with Crippen molar-refractivity contribution in [2.75, 3.05) is 13.1 Å². The average molecular weight is 390 g/mol. The molecule has 0 saturated carbocycles. The van der Waals surface area contributed by atoms with E-state index < -0.39 is 16.1 Å². The number of carbonyl (C=O) groups is 1. The second kappa shape index (κ2) is 6.05. The Morgan fingerprint density at radius 1 is 1.35 bits per heavy atom. The van der Waals surface area contributed by atoms with Crippen LogP contribution in [0, 0.1) is 18.3 Å². The number of hydrogen-bond donors (Lipinski definition) is 0. The molecule has 0 radical (unpaired) electrons. The van der Waals surface area contributed by atoms with Crippen LogP contribution in [0.25, 0.3) is 10.1 Å². The number of thiophene rings is 1. The van der Waals surface area contributed by atoms with Gasteiger partial charge in [0, 0.05) is 23.8 Å². The van der Waals surface area contributed by atoms with Gasteiger partial charge in [-0.1, -0.05) is 0 Å². The fourth-order valence-electron chi connectivity index (χ4n) is 3.97. The largest absolute Gasteiger partial charge is 0.337 e. The summed E-state index contributed by atoms with van der Waals surface area (Å²) in [7, 11) is -3.77. The molecule has 0 bridgehead atoms. The SMILES string of the molecule is Cc1c(S(=O)(=O)N2C[C@H]3CCCN3C(=O)[C@H]2C)sc2ccc(C#N)cc12. The lowest BCUT2D eigenvalue weighted by molar-refractivity contribution is -0.139. The normalized spacial score (nSPS) is 24.0. The molecule has 0 unspecified atom stereocenters. The summed E-state index contributed by atoms with van der Waals surface area (Å²) in [6.07, 6.45) is 1.78. The summed E-state index contributed by atoms with van der Waals surface area (Å²) in [4.78, 5) is 14.4. The zero-order valence-electron chi connectivity index (χ0n) is 14.6. The number of carbonyl (C=O) groups excluding carboxylic acids is 1. The van der Waals surface area contributed by atoms with Crippen molar-refractivity contribution in [3.8, 4) is 6.07 Å². The number of amides is 1. The molecule has 2 atom stereocenters. The second-order valence-corrected chi connectivity index (χ2v) is 10.1. The maximum Gasteiger partial charge on any atom is 0.253 e. The Kier molecular flexibility index (Phi) is 4.06. The summed E-state index contributed by atoms with van der Waals surface area (Å²) in [5, 5.41) is 9.88. The minimum atomic E-state index is -3.77. The second-order valence-electron chi connectivity index (χ2n) is 6.92. The first-order valence-electron chi connectivity index (χ1n) is 8.60. The van der Waals surface area contributed by atoms with Crippen molar-refractivity contribution in [1.82, 2.24) is 9.21 Å². The number of rotatable bonds is 2. The van der Waals surface area contributed by atoms with E-state index in [0.717, 1.165) is 29.5 Å². The van der Waals surface area contributed by atoms with Crippen molar-refractivity contribution in [3.05, 3.63) is 29.3 Å². The number of sulfonamides is 1. The number of hydrogen-bond acceptors (Lipinski definition) is 5. The third kappa shape index (κ3) is 2.46. The molecule has 2 fully saturated rings. The molecule has 6 nitrogen and oxygen atoms in total. The Hall–Kier alpha value is -1.95. The molecule has 1 aromatic carbocycles. The minimum Gasteiger partial charge on any atom is -0.337 e. The van der Waals surface area contributed by atoms with Gasteiger partial charge in [-0.3, -0.25) is 4.79 Å². The smallest absolute Gasteiger partial charge is 0.253 e. The summed E-state index contributed by atoms with van der Waals surface area (Å²) in [5.74, 6) is -0.104. The van der Waals surface area contributed by atoms with Gasteiger partial charge in [-0.2, -0.15) is 9.57 Å². The van der Waals surface area contributed by atoms with Crippen LogP contribution in [0.3, 0.4) is 0 Å². The quantitative estimate of drug-likeness (QED) is 0.790. The van der Waals surface area contributed by atoms with Crippen molar-refractivity contribution in [3.63, 3.8) is 0 Å².